The summed E-state index contributed by atoms with van der Waals surface area (Å²) in [5, 5.41) is 0. The Morgan fingerprint density at radius 3 is 0.605 bits per heavy atom. The van der Waals surface area contributed by atoms with Crippen molar-refractivity contribution in [3.05, 3.63) is 12.2 Å². The van der Waals surface area contributed by atoms with Crippen molar-refractivity contribution in [2.45, 2.75) is 272 Å². The molecule has 0 aliphatic rings. The third-order valence-corrected chi connectivity index (χ3v) is 62.8. The lowest BCUT2D eigenvalue weighted by atomic mass is 10.4. The predicted molar refractivity (Wildman–Crippen MR) is 363 cm³/mol. The lowest BCUT2D eigenvalue weighted by molar-refractivity contribution is -0.139. The van der Waals surface area contributed by atoms with Gasteiger partial charge in [0.25, 0.3) is 0 Å². The van der Waals surface area contributed by atoms with Gasteiger partial charge in [-0.3, -0.25) is 0 Å². The van der Waals surface area contributed by atoms with Gasteiger partial charge in [0, 0.05) is 29.7 Å². The summed E-state index contributed by atoms with van der Waals surface area (Å²) in [4.78, 5) is 12.9. The van der Waals surface area contributed by atoms with Crippen LogP contribution in [0.4, 0.5) is 0 Å². The Kier molecular flexibility index (Phi) is 29.0. The first kappa shape index (κ1) is 78.2. The summed E-state index contributed by atoms with van der Waals surface area (Å²) in [6.07, 6.45) is 0.489. The Balaban J connectivity index is 8.52. The van der Waals surface area contributed by atoms with E-state index in [-0.39, 0.29) is 6.61 Å². The maximum atomic E-state index is 12.9. The summed E-state index contributed by atoms with van der Waals surface area (Å²) < 4.78 is 95.1. The highest BCUT2D eigenvalue weighted by Crippen LogP contribution is 2.41. The van der Waals surface area contributed by atoms with Crippen LogP contribution in [-0.4, -0.2) is 148 Å². The van der Waals surface area contributed by atoms with Crippen LogP contribution in [0.5, 0.6) is 0 Å². The number of hydrogen-bond acceptors (Lipinski definition) is 14. The number of esters is 1. The summed E-state index contributed by atoms with van der Waals surface area (Å²) >= 11 is 0. The maximum absolute atomic E-state index is 12.9. The second kappa shape index (κ2) is 28.1. The van der Waals surface area contributed by atoms with Crippen molar-refractivity contribution in [2.24, 2.45) is 0 Å². The standard InChI is InChI=1S/C46H122O14Si16/c1-45(2)46(47)48-37-36-38-73(58-70(30,31)39-42-74(49-61(3,4)5,50-62(6,7)8)51-63(9,10)11,59-71(32,33)40-43-75(52-64(12,13)14,53-65(15,16)17)54-66(18,19)20)60-72(34,35)41-44-76(55-67(21,22)23,56-68(24,25)26)57-69(27,28)29/h1,36-44H2,2-35H3. The molecule has 0 bridgehead atoms. The van der Waals surface area contributed by atoms with E-state index in [1.807, 2.05) is 0 Å². The molecule has 0 aromatic heterocycles. The van der Waals surface area contributed by atoms with Crippen LogP contribution in [0.25, 0.3) is 0 Å². The zero-order chi connectivity index (χ0) is 60.7. The van der Waals surface area contributed by atoms with Crippen LogP contribution in [-0.2, 0) is 58.9 Å². The SMILES string of the molecule is C=C(C)C(=O)OCCC[Si](O[Si](C)(C)CC[Si](O[Si](C)(C)C)(O[Si](C)(C)C)O[Si](C)(C)C)(O[Si](C)(C)CC[Si](O[Si](C)(C)C)(O[Si](C)(C)C)O[Si](C)(C)C)O[Si](C)(C)CC[Si](O[Si](C)(C)C)(O[Si](C)(C)C)O[Si](C)(C)C. The molecule has 0 aromatic carbocycles. The van der Waals surface area contributed by atoms with Crippen molar-refractivity contribution in [3.63, 3.8) is 0 Å². The molecule has 0 amide bonds. The molecule has 454 valence electrons. The molecule has 0 unspecified atom stereocenters. The van der Waals surface area contributed by atoms with Gasteiger partial charge >= 0.3 is 41.2 Å². The Morgan fingerprint density at radius 2 is 0.447 bits per heavy atom. The van der Waals surface area contributed by atoms with Crippen LogP contribution in [0.2, 0.25) is 258 Å². The van der Waals surface area contributed by atoms with Gasteiger partial charge in [-0.1, -0.05) is 6.58 Å². The molecule has 0 saturated heterocycles. The molecule has 0 aromatic rings. The Labute approximate surface area is 486 Å². The fourth-order valence-corrected chi connectivity index (χ4v) is 76.2. The van der Waals surface area contributed by atoms with E-state index in [1.165, 1.54) is 0 Å². The second-order valence-electron chi connectivity index (χ2n) is 31.8. The fraction of sp³-hybridized carbons (Fsp3) is 0.935. The molecule has 0 spiro atoms. The van der Waals surface area contributed by atoms with Crippen LogP contribution in [0, 0.1) is 0 Å². The Morgan fingerprint density at radius 1 is 0.276 bits per heavy atom. The van der Waals surface area contributed by atoms with Gasteiger partial charge in [-0.2, -0.15) is 0 Å². The van der Waals surface area contributed by atoms with E-state index in [0.29, 0.717) is 36.2 Å². The summed E-state index contributed by atoms with van der Waals surface area (Å²) in [5.41, 5.74) is 0.362. The van der Waals surface area contributed by atoms with Crippen LogP contribution >= 0.6 is 0 Å². The number of rotatable bonds is 38. The van der Waals surface area contributed by atoms with E-state index >= 15 is 0 Å². The summed E-state index contributed by atoms with van der Waals surface area (Å²) in [7, 11) is -41.4. The molecule has 0 radical (unpaired) electrons. The molecular formula is C46H122O14Si16. The van der Waals surface area contributed by atoms with E-state index < -0.39 is 141 Å². The number of ether oxygens (including phenoxy) is 1. The minimum Gasteiger partial charge on any atom is -0.462 e. The van der Waals surface area contributed by atoms with E-state index in [0.717, 1.165) is 18.1 Å². The first-order chi connectivity index (χ1) is 32.9. The molecule has 0 heterocycles. The van der Waals surface area contributed by atoms with Gasteiger partial charge in [0.1, 0.15) is 0 Å². The second-order valence-corrected chi connectivity index (χ2v) is 99.1. The smallest absolute Gasteiger partial charge is 0.462 e. The van der Waals surface area contributed by atoms with Crippen molar-refractivity contribution in [3.8, 4) is 0 Å². The van der Waals surface area contributed by atoms with Crippen molar-refractivity contribution in [1.82, 2.24) is 0 Å². The summed E-state index contributed by atoms with van der Waals surface area (Å²) in [6.45, 7) is 79.9. The van der Waals surface area contributed by atoms with Gasteiger partial charge in [0.2, 0.25) is 0 Å². The highest BCUT2D eigenvalue weighted by atomic mass is 28.5. The number of carbonyl (C=O) groups excluding carboxylic acids is 1. The normalized spacial score (nSPS) is 15.4. The Bertz CT molecular complexity index is 1510. The Hall–Kier alpha value is 2.20. The first-order valence-electron chi connectivity index (χ1n) is 28.2. The molecule has 14 nitrogen and oxygen atoms in total. The lowest BCUT2D eigenvalue weighted by Gasteiger charge is -2.48. The van der Waals surface area contributed by atoms with Crippen molar-refractivity contribution in [1.29, 1.82) is 0 Å². The van der Waals surface area contributed by atoms with Gasteiger partial charge < -0.3 is 54.1 Å². The van der Waals surface area contributed by atoms with Gasteiger partial charge in [-0.05, 0) is 248 Å². The first-order valence-corrected chi connectivity index (χ1v) is 75.9. The van der Waals surface area contributed by atoms with Crippen LogP contribution in [0.3, 0.4) is 0 Å². The zero-order valence-corrected chi connectivity index (χ0v) is 71.8. The molecule has 0 aliphatic heterocycles. The third kappa shape index (κ3) is 37.5. The molecule has 30 heteroatoms. The maximum Gasteiger partial charge on any atom is 0.469 e. The summed E-state index contributed by atoms with van der Waals surface area (Å²) in [6, 6.07) is 4.54. The molecular weight excluding hydrogens is 1230 g/mol. The van der Waals surface area contributed by atoms with Gasteiger partial charge in [-0.15, -0.1) is 0 Å². The third-order valence-electron chi connectivity index (χ3n) is 9.76. The average molecular weight is 1350 g/mol. The minimum absolute atomic E-state index is 0.180. The van der Waals surface area contributed by atoms with Gasteiger partial charge in [0.05, 0.1) is 6.61 Å². The zero-order valence-electron chi connectivity index (χ0n) is 55.8. The summed E-state index contributed by atoms with van der Waals surface area (Å²) in [5.74, 6) is -0.412. The highest BCUT2D eigenvalue weighted by molar-refractivity contribution is 6.95. The van der Waals surface area contributed by atoms with Gasteiger partial charge in [0.15, 0.2) is 99.8 Å². The molecule has 0 atom stereocenters. The predicted octanol–water partition coefficient (Wildman–Crippen LogP) is 16.6. The fourth-order valence-electron chi connectivity index (χ4n) is 8.42. The van der Waals surface area contributed by atoms with E-state index in [1.54, 1.807) is 6.92 Å². The highest BCUT2D eigenvalue weighted by Gasteiger charge is 2.58. The van der Waals surface area contributed by atoms with Crippen molar-refractivity contribution >= 4 is 141 Å². The molecule has 0 aliphatic carbocycles. The van der Waals surface area contributed by atoms with Crippen LogP contribution < -0.4 is 0 Å². The lowest BCUT2D eigenvalue weighted by Crippen LogP contribution is -2.64. The monoisotopic (exact) mass is 1350 g/mol. The van der Waals surface area contributed by atoms with Gasteiger partial charge in [-0.25, -0.2) is 4.79 Å². The molecule has 0 rings (SSSR count). The van der Waals surface area contributed by atoms with Crippen LogP contribution in [0.15, 0.2) is 12.2 Å². The molecule has 0 saturated carbocycles. The molecule has 0 fully saturated rings. The van der Waals surface area contributed by atoms with E-state index in [2.05, 4.69) is 223 Å². The van der Waals surface area contributed by atoms with Crippen molar-refractivity contribution in [2.75, 3.05) is 6.61 Å². The minimum atomic E-state index is -3.78. The van der Waals surface area contributed by atoms with Crippen molar-refractivity contribution < 1.29 is 58.9 Å². The van der Waals surface area contributed by atoms with E-state index in [4.69, 9.17) is 54.1 Å². The molecule has 76 heavy (non-hydrogen) atoms. The quantitative estimate of drug-likeness (QED) is 0.0251. The largest absolute Gasteiger partial charge is 0.469 e. The number of hydrogen-bond donors (Lipinski definition) is 0. The van der Waals surface area contributed by atoms with E-state index in [9.17, 15) is 4.79 Å². The van der Waals surface area contributed by atoms with Crippen LogP contribution in [0.1, 0.15) is 13.3 Å². The number of carbonyl (C=O) groups is 1. The molecule has 0 N–H and O–H groups in total. The topological polar surface area (TPSA) is 137 Å². The average Bonchev–Trinajstić information content (AvgIpc) is 3.03.